The van der Waals surface area contributed by atoms with Gasteiger partial charge in [0.25, 0.3) is 5.91 Å². The third-order valence-corrected chi connectivity index (χ3v) is 5.69. The molecule has 0 radical (unpaired) electrons. The molecule has 1 fully saturated rings. The summed E-state index contributed by atoms with van der Waals surface area (Å²) < 4.78 is 8.43. The first-order valence-corrected chi connectivity index (χ1v) is 10.7. The van der Waals surface area contributed by atoms with E-state index >= 15 is 0 Å². The number of hydrogen-bond acceptors (Lipinski definition) is 9. The molecule has 1 amide bonds. The van der Waals surface area contributed by atoms with Crippen LogP contribution < -0.4 is 10.2 Å². The Labute approximate surface area is 183 Å². The molecule has 0 saturated carbocycles. The fourth-order valence-electron chi connectivity index (χ4n) is 3.58. The van der Waals surface area contributed by atoms with Gasteiger partial charge in [-0.05, 0) is 37.3 Å². The molecular weight excluding hydrogens is 412 g/mol. The van der Waals surface area contributed by atoms with E-state index in [1.54, 1.807) is 6.20 Å². The molecule has 0 unspecified atom stereocenters. The van der Waals surface area contributed by atoms with Crippen molar-refractivity contribution in [3.05, 3.63) is 60.0 Å². The third-order valence-electron chi connectivity index (χ3n) is 5.14. The lowest BCUT2D eigenvalue weighted by molar-refractivity contribution is 0.0746. The molecule has 1 saturated heterocycles. The minimum Gasteiger partial charge on any atom is -0.353 e. The van der Waals surface area contributed by atoms with Crippen LogP contribution in [0.25, 0.3) is 11.0 Å². The molecule has 0 aliphatic carbocycles. The van der Waals surface area contributed by atoms with E-state index in [2.05, 4.69) is 33.9 Å². The quantitative estimate of drug-likeness (QED) is 0.525. The van der Waals surface area contributed by atoms with Crippen molar-refractivity contribution in [2.45, 2.75) is 6.92 Å². The highest BCUT2D eigenvalue weighted by Gasteiger charge is 2.24. The van der Waals surface area contributed by atoms with Crippen molar-refractivity contribution in [1.82, 2.24) is 28.6 Å². The molecule has 156 valence electrons. The Morgan fingerprint density at radius 2 is 1.81 bits per heavy atom. The lowest BCUT2D eigenvalue weighted by atomic mass is 10.1. The lowest BCUT2D eigenvalue weighted by Gasteiger charge is -2.35. The van der Waals surface area contributed by atoms with Crippen LogP contribution in [0.5, 0.6) is 0 Å². The van der Waals surface area contributed by atoms with E-state index in [0.29, 0.717) is 43.4 Å². The number of carbonyl (C=O) groups is 1. The summed E-state index contributed by atoms with van der Waals surface area (Å²) in [5.41, 5.74) is 2.23. The molecule has 1 aliphatic heterocycles. The van der Waals surface area contributed by atoms with E-state index < -0.39 is 0 Å². The standard InChI is InChI=1S/C21H20N8OS/c1-14-23-19(25-18-4-2-3-7-22-18)13-20(24-14)28-8-10-29(11-9-28)21(30)15-5-6-16-17(12-15)27-31-26-16/h2-7,12-13H,8-11H2,1H3,(H,22,23,24,25). The Kier molecular flexibility index (Phi) is 5.13. The van der Waals surface area contributed by atoms with E-state index in [4.69, 9.17) is 0 Å². The van der Waals surface area contributed by atoms with Gasteiger partial charge in [0.05, 0.1) is 11.7 Å². The molecular formula is C21H20N8OS. The number of rotatable bonds is 4. The van der Waals surface area contributed by atoms with Crippen LogP contribution in [0.3, 0.4) is 0 Å². The second kappa shape index (κ2) is 8.23. The number of amides is 1. The van der Waals surface area contributed by atoms with Gasteiger partial charge in [-0.2, -0.15) is 8.75 Å². The van der Waals surface area contributed by atoms with E-state index in [-0.39, 0.29) is 5.91 Å². The molecule has 4 heterocycles. The maximum absolute atomic E-state index is 12.9. The highest BCUT2D eigenvalue weighted by molar-refractivity contribution is 7.00. The molecule has 31 heavy (non-hydrogen) atoms. The molecule has 3 aromatic heterocycles. The van der Waals surface area contributed by atoms with E-state index in [0.717, 1.165) is 34.4 Å². The minimum atomic E-state index is 0.0194. The number of benzene rings is 1. The topological polar surface area (TPSA) is 100 Å². The van der Waals surface area contributed by atoms with Gasteiger partial charge in [-0.1, -0.05) is 6.07 Å². The van der Waals surface area contributed by atoms with Crippen LogP contribution in [0.15, 0.2) is 48.7 Å². The summed E-state index contributed by atoms with van der Waals surface area (Å²) >= 11 is 1.16. The molecule has 0 spiro atoms. The number of nitrogens with zero attached hydrogens (tertiary/aromatic N) is 7. The average molecular weight is 433 g/mol. The predicted molar refractivity (Wildman–Crippen MR) is 120 cm³/mol. The van der Waals surface area contributed by atoms with Crippen LogP contribution in [-0.2, 0) is 0 Å². The van der Waals surface area contributed by atoms with E-state index in [1.165, 1.54) is 0 Å². The Balaban J connectivity index is 1.27. The van der Waals surface area contributed by atoms with Crippen molar-refractivity contribution in [2.24, 2.45) is 0 Å². The maximum atomic E-state index is 12.9. The Morgan fingerprint density at radius 1 is 0.968 bits per heavy atom. The number of pyridine rings is 1. The van der Waals surface area contributed by atoms with Crippen molar-refractivity contribution in [3.63, 3.8) is 0 Å². The summed E-state index contributed by atoms with van der Waals surface area (Å²) in [6.45, 7) is 4.52. The molecule has 1 N–H and O–H groups in total. The number of hydrogen-bond donors (Lipinski definition) is 1. The number of carbonyl (C=O) groups excluding carboxylic acids is 1. The Morgan fingerprint density at radius 3 is 2.61 bits per heavy atom. The SMILES string of the molecule is Cc1nc(Nc2ccccn2)cc(N2CCN(C(=O)c3ccc4nsnc4c3)CC2)n1. The van der Waals surface area contributed by atoms with Crippen LogP contribution in [0, 0.1) is 6.92 Å². The normalized spacial score (nSPS) is 14.1. The smallest absolute Gasteiger partial charge is 0.254 e. The van der Waals surface area contributed by atoms with Crippen LogP contribution in [-0.4, -0.2) is 60.7 Å². The fourth-order valence-corrected chi connectivity index (χ4v) is 4.10. The first-order chi connectivity index (χ1) is 15.2. The van der Waals surface area contributed by atoms with Gasteiger partial charge in [0.15, 0.2) is 0 Å². The molecule has 1 aliphatic rings. The third kappa shape index (κ3) is 4.15. The molecule has 1 aromatic carbocycles. The average Bonchev–Trinajstić information content (AvgIpc) is 3.27. The van der Waals surface area contributed by atoms with Crippen LogP contribution in [0.1, 0.15) is 16.2 Å². The van der Waals surface area contributed by atoms with Crippen molar-refractivity contribution < 1.29 is 4.79 Å². The van der Waals surface area contributed by atoms with Gasteiger partial charge >= 0.3 is 0 Å². The number of anilines is 3. The zero-order valence-corrected chi connectivity index (χ0v) is 17.7. The lowest BCUT2D eigenvalue weighted by Crippen LogP contribution is -2.49. The summed E-state index contributed by atoms with van der Waals surface area (Å²) in [6.07, 6.45) is 1.73. The van der Waals surface area contributed by atoms with Gasteiger partial charge in [-0.25, -0.2) is 15.0 Å². The zero-order valence-electron chi connectivity index (χ0n) is 16.9. The summed E-state index contributed by atoms with van der Waals surface area (Å²) in [6, 6.07) is 13.1. The zero-order chi connectivity index (χ0) is 21.2. The fraction of sp³-hybridized carbons (Fsp3) is 0.238. The van der Waals surface area contributed by atoms with Crippen LogP contribution in [0.4, 0.5) is 17.5 Å². The predicted octanol–water partition coefficient (Wildman–Crippen LogP) is 2.89. The van der Waals surface area contributed by atoms with E-state index in [9.17, 15) is 4.79 Å². The number of piperazine rings is 1. The molecule has 9 nitrogen and oxygen atoms in total. The van der Waals surface area contributed by atoms with Crippen molar-refractivity contribution >= 4 is 46.1 Å². The molecule has 0 atom stereocenters. The summed E-state index contributed by atoms with van der Waals surface area (Å²) in [4.78, 5) is 30.3. The summed E-state index contributed by atoms with van der Waals surface area (Å²) in [7, 11) is 0. The van der Waals surface area contributed by atoms with Gasteiger partial charge in [0, 0.05) is 44.0 Å². The van der Waals surface area contributed by atoms with Gasteiger partial charge in [-0.15, -0.1) is 0 Å². The van der Waals surface area contributed by atoms with Crippen molar-refractivity contribution in [3.8, 4) is 0 Å². The molecule has 4 aromatic rings. The Hall–Kier alpha value is -3.66. The first kappa shape index (κ1) is 19.3. The minimum absolute atomic E-state index is 0.0194. The van der Waals surface area contributed by atoms with Crippen molar-refractivity contribution in [1.29, 1.82) is 0 Å². The maximum Gasteiger partial charge on any atom is 0.254 e. The number of nitrogens with one attached hydrogen (secondary N) is 1. The molecule has 5 rings (SSSR count). The van der Waals surface area contributed by atoms with Gasteiger partial charge in [0.1, 0.15) is 34.3 Å². The number of aromatic nitrogens is 5. The van der Waals surface area contributed by atoms with Gasteiger partial charge < -0.3 is 15.1 Å². The largest absolute Gasteiger partial charge is 0.353 e. The molecule has 0 bridgehead atoms. The monoisotopic (exact) mass is 432 g/mol. The van der Waals surface area contributed by atoms with Crippen LogP contribution in [0.2, 0.25) is 0 Å². The number of aryl methyl sites for hydroxylation is 1. The van der Waals surface area contributed by atoms with Gasteiger partial charge in [0.2, 0.25) is 0 Å². The Bertz CT molecular complexity index is 1220. The molecule has 10 heteroatoms. The second-order valence-corrected chi connectivity index (χ2v) is 7.77. The van der Waals surface area contributed by atoms with Crippen molar-refractivity contribution in [2.75, 3.05) is 36.4 Å². The highest BCUT2D eigenvalue weighted by Crippen LogP contribution is 2.21. The summed E-state index contributed by atoms with van der Waals surface area (Å²) in [5.74, 6) is 2.97. The van der Waals surface area contributed by atoms with Crippen LogP contribution >= 0.6 is 11.7 Å². The van der Waals surface area contributed by atoms with Gasteiger partial charge in [-0.3, -0.25) is 4.79 Å². The first-order valence-electron chi connectivity index (χ1n) is 9.96. The summed E-state index contributed by atoms with van der Waals surface area (Å²) in [5, 5.41) is 3.22. The number of fused-ring (bicyclic) bond motifs is 1. The highest BCUT2D eigenvalue weighted by atomic mass is 32.1. The van der Waals surface area contributed by atoms with E-state index in [1.807, 2.05) is 54.3 Å². The second-order valence-electron chi connectivity index (χ2n) is 7.25.